The molecule has 0 aliphatic rings. The Bertz CT molecular complexity index is 476. The summed E-state index contributed by atoms with van der Waals surface area (Å²) in [7, 11) is 0. The highest BCUT2D eigenvalue weighted by molar-refractivity contribution is 5.53. The zero-order valence-electron chi connectivity index (χ0n) is 11.8. The zero-order valence-corrected chi connectivity index (χ0v) is 11.8. The summed E-state index contributed by atoms with van der Waals surface area (Å²) in [5, 5.41) is 3.38. The molecule has 0 bridgehead atoms. The molecule has 19 heavy (non-hydrogen) atoms. The molecule has 3 nitrogen and oxygen atoms in total. The van der Waals surface area contributed by atoms with E-state index in [9.17, 15) is 0 Å². The van der Waals surface area contributed by atoms with Crippen LogP contribution in [0.25, 0.3) is 0 Å². The van der Waals surface area contributed by atoms with E-state index in [1.54, 1.807) is 0 Å². The topological polar surface area (TPSA) is 29.9 Å². The first-order chi connectivity index (χ1) is 9.31. The highest BCUT2D eigenvalue weighted by Gasteiger charge is 2.09. The highest BCUT2D eigenvalue weighted by atomic mass is 15.2. The van der Waals surface area contributed by atoms with Gasteiger partial charge < -0.3 is 9.88 Å². The van der Waals surface area contributed by atoms with Crippen LogP contribution in [0.5, 0.6) is 0 Å². The summed E-state index contributed by atoms with van der Waals surface area (Å²) in [5.74, 6) is 0.926. The molecule has 1 unspecified atom stereocenters. The molecule has 1 aromatic carbocycles. The summed E-state index contributed by atoms with van der Waals surface area (Å²) in [4.78, 5) is 4.41. The van der Waals surface area contributed by atoms with E-state index in [1.165, 1.54) is 25.7 Å². The average molecular weight is 257 g/mol. The van der Waals surface area contributed by atoms with Crippen molar-refractivity contribution in [3.63, 3.8) is 0 Å². The van der Waals surface area contributed by atoms with Gasteiger partial charge in [-0.2, -0.15) is 0 Å². The number of unbranched alkanes of at least 4 members (excludes halogenated alkanes) is 2. The van der Waals surface area contributed by atoms with E-state index in [-0.39, 0.29) is 0 Å². The molecule has 2 rings (SSSR count). The molecule has 1 N–H and O–H groups in total. The van der Waals surface area contributed by atoms with E-state index in [0.717, 1.165) is 11.6 Å². The molecule has 1 heterocycles. The molecular formula is C16H23N3. The fourth-order valence-electron chi connectivity index (χ4n) is 2.24. The van der Waals surface area contributed by atoms with Crippen LogP contribution in [-0.2, 0) is 0 Å². The fraction of sp³-hybridized carbons (Fsp3) is 0.438. The van der Waals surface area contributed by atoms with Crippen LogP contribution in [0, 0.1) is 0 Å². The summed E-state index contributed by atoms with van der Waals surface area (Å²) in [6.07, 6.45) is 8.98. The van der Waals surface area contributed by atoms with E-state index >= 15 is 0 Å². The van der Waals surface area contributed by atoms with E-state index in [4.69, 9.17) is 0 Å². The molecule has 0 aliphatic heterocycles. The Morgan fingerprint density at radius 2 is 2.00 bits per heavy atom. The second-order valence-corrected chi connectivity index (χ2v) is 4.99. The minimum Gasteiger partial charge on any atom is -0.326 e. The van der Waals surface area contributed by atoms with Gasteiger partial charge in [0.25, 0.3) is 0 Å². The van der Waals surface area contributed by atoms with Gasteiger partial charge in [-0.3, -0.25) is 0 Å². The van der Waals surface area contributed by atoms with E-state index in [1.807, 2.05) is 24.4 Å². The maximum Gasteiger partial charge on any atom is 0.207 e. The van der Waals surface area contributed by atoms with Gasteiger partial charge in [0.05, 0.1) is 0 Å². The van der Waals surface area contributed by atoms with Gasteiger partial charge in [0.15, 0.2) is 0 Å². The van der Waals surface area contributed by atoms with Crippen LogP contribution in [0.3, 0.4) is 0 Å². The molecule has 1 atom stereocenters. The Kier molecular flexibility index (Phi) is 5.01. The van der Waals surface area contributed by atoms with Gasteiger partial charge in [-0.15, -0.1) is 0 Å². The van der Waals surface area contributed by atoms with E-state index < -0.39 is 0 Å². The van der Waals surface area contributed by atoms with Gasteiger partial charge >= 0.3 is 0 Å². The van der Waals surface area contributed by atoms with Crippen LogP contribution < -0.4 is 5.32 Å². The molecule has 102 valence electrons. The minimum absolute atomic E-state index is 0.486. The maximum atomic E-state index is 4.41. The lowest BCUT2D eigenvalue weighted by molar-refractivity contribution is 0.481. The van der Waals surface area contributed by atoms with Crippen molar-refractivity contribution in [3.05, 3.63) is 42.7 Å². The summed E-state index contributed by atoms with van der Waals surface area (Å²) in [5.41, 5.74) is 1.08. The normalized spacial score (nSPS) is 12.3. The number of nitrogens with zero attached hydrogens (tertiary/aromatic N) is 2. The largest absolute Gasteiger partial charge is 0.326 e. The first kappa shape index (κ1) is 13.7. The molecular weight excluding hydrogens is 234 g/mol. The predicted octanol–water partition coefficient (Wildman–Crippen LogP) is 4.77. The maximum absolute atomic E-state index is 4.41. The molecule has 3 heteroatoms. The highest BCUT2D eigenvalue weighted by Crippen LogP contribution is 2.22. The Morgan fingerprint density at radius 1 is 1.21 bits per heavy atom. The third-order valence-electron chi connectivity index (χ3n) is 3.40. The summed E-state index contributed by atoms with van der Waals surface area (Å²) in [6.45, 7) is 4.50. The van der Waals surface area contributed by atoms with Gasteiger partial charge in [-0.05, 0) is 25.5 Å². The number of benzene rings is 1. The zero-order chi connectivity index (χ0) is 13.5. The molecule has 0 spiro atoms. The molecule has 0 amide bonds. The molecule has 0 aliphatic carbocycles. The van der Waals surface area contributed by atoms with Crippen molar-refractivity contribution in [1.82, 2.24) is 9.55 Å². The smallest absolute Gasteiger partial charge is 0.207 e. The van der Waals surface area contributed by atoms with Crippen LogP contribution in [0.15, 0.2) is 42.7 Å². The molecule has 0 radical (unpaired) electrons. The van der Waals surface area contributed by atoms with Crippen molar-refractivity contribution in [2.75, 3.05) is 5.32 Å². The number of imidazole rings is 1. The first-order valence-corrected chi connectivity index (χ1v) is 7.16. The number of rotatable bonds is 7. The van der Waals surface area contributed by atoms with Gasteiger partial charge in [0.1, 0.15) is 0 Å². The van der Waals surface area contributed by atoms with Crippen LogP contribution in [0.1, 0.15) is 45.6 Å². The van der Waals surface area contributed by atoms with Crippen LogP contribution in [-0.4, -0.2) is 9.55 Å². The quantitative estimate of drug-likeness (QED) is 0.724. The van der Waals surface area contributed by atoms with Crippen LogP contribution in [0.2, 0.25) is 0 Å². The van der Waals surface area contributed by atoms with Crippen molar-refractivity contribution < 1.29 is 0 Å². The van der Waals surface area contributed by atoms with Gasteiger partial charge in [0, 0.05) is 24.1 Å². The lowest BCUT2D eigenvalue weighted by atomic mass is 10.1. The van der Waals surface area contributed by atoms with Gasteiger partial charge in [-0.25, -0.2) is 4.98 Å². The number of aromatic nitrogens is 2. The molecule has 1 aromatic heterocycles. The lowest BCUT2D eigenvalue weighted by Crippen LogP contribution is -2.08. The first-order valence-electron chi connectivity index (χ1n) is 7.16. The lowest BCUT2D eigenvalue weighted by Gasteiger charge is -2.17. The van der Waals surface area contributed by atoms with Gasteiger partial charge in [0.2, 0.25) is 5.95 Å². The Morgan fingerprint density at radius 3 is 2.74 bits per heavy atom. The minimum atomic E-state index is 0.486. The van der Waals surface area contributed by atoms with Crippen molar-refractivity contribution >= 4 is 11.6 Å². The molecule has 0 saturated heterocycles. The van der Waals surface area contributed by atoms with Crippen LogP contribution in [0.4, 0.5) is 11.6 Å². The number of anilines is 2. The second kappa shape index (κ2) is 6.98. The Labute approximate surface area is 115 Å². The van der Waals surface area contributed by atoms with E-state index in [0.29, 0.717) is 6.04 Å². The molecule has 2 aromatic rings. The van der Waals surface area contributed by atoms with E-state index in [2.05, 4.69) is 47.0 Å². The number of nitrogens with one attached hydrogen (secondary N) is 1. The molecule has 0 saturated carbocycles. The SMILES string of the molecule is CCCCCC(C)n1ccnc1Nc1ccccc1. The number of hydrogen-bond donors (Lipinski definition) is 1. The standard InChI is InChI=1S/C16H23N3/c1-3-4-6-9-14(2)19-13-12-17-16(19)18-15-10-7-5-8-11-15/h5,7-8,10-14H,3-4,6,9H2,1-2H3,(H,17,18). The second-order valence-electron chi connectivity index (χ2n) is 4.99. The van der Waals surface area contributed by atoms with Crippen molar-refractivity contribution in [1.29, 1.82) is 0 Å². The van der Waals surface area contributed by atoms with Crippen LogP contribution >= 0.6 is 0 Å². The summed E-state index contributed by atoms with van der Waals surface area (Å²) >= 11 is 0. The summed E-state index contributed by atoms with van der Waals surface area (Å²) < 4.78 is 2.22. The van der Waals surface area contributed by atoms with Gasteiger partial charge in [-0.1, -0.05) is 44.4 Å². The fourth-order valence-corrected chi connectivity index (χ4v) is 2.24. The number of para-hydroxylation sites is 1. The number of hydrogen-bond acceptors (Lipinski definition) is 2. The third-order valence-corrected chi connectivity index (χ3v) is 3.40. The Hall–Kier alpha value is -1.77. The monoisotopic (exact) mass is 257 g/mol. The average Bonchev–Trinajstić information content (AvgIpc) is 2.88. The summed E-state index contributed by atoms with van der Waals surface area (Å²) in [6, 6.07) is 10.7. The third kappa shape index (κ3) is 3.85. The van der Waals surface area contributed by atoms with Crippen molar-refractivity contribution in [2.24, 2.45) is 0 Å². The predicted molar refractivity (Wildman–Crippen MR) is 80.8 cm³/mol. The Balaban J connectivity index is 2.01. The van der Waals surface area contributed by atoms with Crippen molar-refractivity contribution in [3.8, 4) is 0 Å². The van der Waals surface area contributed by atoms with Crippen molar-refractivity contribution in [2.45, 2.75) is 45.6 Å². The molecule has 0 fully saturated rings.